The Labute approximate surface area is 136 Å². The van der Waals surface area contributed by atoms with E-state index in [9.17, 15) is 4.79 Å². The maximum Gasteiger partial charge on any atom is 0.276 e. The molecule has 0 spiro atoms. The molecule has 1 amide bonds. The van der Waals surface area contributed by atoms with Crippen molar-refractivity contribution in [3.63, 3.8) is 0 Å². The lowest BCUT2D eigenvalue weighted by molar-refractivity contribution is 0.0676. The van der Waals surface area contributed by atoms with Crippen molar-refractivity contribution in [3.05, 3.63) is 35.7 Å². The quantitative estimate of drug-likeness (QED) is 0.873. The third-order valence-corrected chi connectivity index (χ3v) is 4.36. The first-order valence-corrected chi connectivity index (χ1v) is 7.96. The van der Waals surface area contributed by atoms with E-state index in [1.54, 1.807) is 11.8 Å². The zero-order valence-corrected chi connectivity index (χ0v) is 13.8. The van der Waals surface area contributed by atoms with Crippen molar-refractivity contribution in [2.75, 3.05) is 20.2 Å². The predicted octanol–water partition coefficient (Wildman–Crippen LogP) is 2.46. The van der Waals surface area contributed by atoms with Crippen molar-refractivity contribution >= 4 is 5.91 Å². The molecular weight excluding hydrogens is 292 g/mol. The van der Waals surface area contributed by atoms with Gasteiger partial charge in [-0.3, -0.25) is 4.79 Å². The van der Waals surface area contributed by atoms with Crippen LogP contribution in [0.2, 0.25) is 0 Å². The molecule has 1 aliphatic rings. The number of amides is 1. The fourth-order valence-corrected chi connectivity index (χ4v) is 3.02. The standard InChI is InChI=1S/C17H22N4O2/c1-12-5-4-10-20(11-12)17(22)16-13(2)21(19-18-16)14-6-8-15(23-3)9-7-14/h6-9,12H,4-5,10-11H2,1-3H3/t12-/m0/s1. The molecule has 0 N–H and O–H groups in total. The van der Waals surface area contributed by atoms with Crippen LogP contribution < -0.4 is 4.74 Å². The zero-order valence-electron chi connectivity index (χ0n) is 13.8. The molecule has 0 unspecified atom stereocenters. The lowest BCUT2D eigenvalue weighted by Gasteiger charge is -2.30. The van der Waals surface area contributed by atoms with Crippen LogP contribution in [0.3, 0.4) is 0 Å². The van der Waals surface area contributed by atoms with E-state index in [-0.39, 0.29) is 5.91 Å². The van der Waals surface area contributed by atoms with Crippen LogP contribution >= 0.6 is 0 Å². The second-order valence-corrected chi connectivity index (χ2v) is 6.13. The molecule has 1 aliphatic heterocycles. The minimum Gasteiger partial charge on any atom is -0.497 e. The molecule has 1 saturated heterocycles. The van der Waals surface area contributed by atoms with Gasteiger partial charge in [-0.15, -0.1) is 5.10 Å². The second-order valence-electron chi connectivity index (χ2n) is 6.13. The number of nitrogens with zero attached hydrogens (tertiary/aromatic N) is 4. The van der Waals surface area contributed by atoms with Gasteiger partial charge in [0.2, 0.25) is 0 Å². The number of carbonyl (C=O) groups is 1. The predicted molar refractivity (Wildman–Crippen MR) is 86.9 cm³/mol. The summed E-state index contributed by atoms with van der Waals surface area (Å²) in [5.74, 6) is 1.31. The number of aromatic nitrogens is 3. The van der Waals surface area contributed by atoms with Crippen LogP contribution in [0.15, 0.2) is 24.3 Å². The highest BCUT2D eigenvalue weighted by Gasteiger charge is 2.26. The Morgan fingerprint density at radius 2 is 2.04 bits per heavy atom. The van der Waals surface area contributed by atoms with Gasteiger partial charge in [0.15, 0.2) is 5.69 Å². The molecule has 0 bridgehead atoms. The van der Waals surface area contributed by atoms with Crippen LogP contribution in [0.25, 0.3) is 5.69 Å². The van der Waals surface area contributed by atoms with Gasteiger partial charge in [0.1, 0.15) is 5.75 Å². The van der Waals surface area contributed by atoms with Gasteiger partial charge in [-0.25, -0.2) is 4.68 Å². The second kappa shape index (κ2) is 6.40. The number of piperidine rings is 1. The molecule has 1 fully saturated rings. The minimum absolute atomic E-state index is 0.0196. The van der Waals surface area contributed by atoms with Crippen molar-refractivity contribution in [2.45, 2.75) is 26.7 Å². The van der Waals surface area contributed by atoms with E-state index in [0.717, 1.165) is 36.6 Å². The van der Waals surface area contributed by atoms with Crippen molar-refractivity contribution in [1.29, 1.82) is 0 Å². The summed E-state index contributed by atoms with van der Waals surface area (Å²) in [5, 5.41) is 8.28. The number of rotatable bonds is 3. The molecule has 6 heteroatoms. The highest BCUT2D eigenvalue weighted by Crippen LogP contribution is 2.20. The average Bonchev–Trinajstić information content (AvgIpc) is 2.96. The first-order valence-electron chi connectivity index (χ1n) is 7.96. The van der Waals surface area contributed by atoms with E-state index in [1.165, 1.54) is 6.42 Å². The van der Waals surface area contributed by atoms with Gasteiger partial charge >= 0.3 is 0 Å². The van der Waals surface area contributed by atoms with Gasteiger partial charge < -0.3 is 9.64 Å². The van der Waals surface area contributed by atoms with Gasteiger partial charge in [-0.2, -0.15) is 0 Å². The number of hydrogen-bond acceptors (Lipinski definition) is 4. The highest BCUT2D eigenvalue weighted by molar-refractivity contribution is 5.93. The largest absolute Gasteiger partial charge is 0.497 e. The van der Waals surface area contributed by atoms with Crippen LogP contribution in [0.4, 0.5) is 0 Å². The summed E-state index contributed by atoms with van der Waals surface area (Å²) in [6, 6.07) is 7.53. The molecule has 0 saturated carbocycles. The van der Waals surface area contributed by atoms with E-state index in [4.69, 9.17) is 4.74 Å². The van der Waals surface area contributed by atoms with Crippen LogP contribution in [-0.2, 0) is 0 Å². The maximum absolute atomic E-state index is 12.7. The zero-order chi connectivity index (χ0) is 16.4. The summed E-state index contributed by atoms with van der Waals surface area (Å²) in [5.41, 5.74) is 2.06. The molecule has 3 rings (SSSR count). The monoisotopic (exact) mass is 314 g/mol. The van der Waals surface area contributed by atoms with Gasteiger partial charge in [-0.05, 0) is 49.9 Å². The average molecular weight is 314 g/mol. The molecule has 122 valence electrons. The van der Waals surface area contributed by atoms with Crippen molar-refractivity contribution in [2.24, 2.45) is 5.92 Å². The minimum atomic E-state index is -0.0196. The third kappa shape index (κ3) is 3.06. The molecule has 1 aromatic heterocycles. The topological polar surface area (TPSA) is 60.2 Å². The first kappa shape index (κ1) is 15.5. The Bertz CT molecular complexity index is 693. The fraction of sp³-hybridized carbons (Fsp3) is 0.471. The van der Waals surface area contributed by atoms with Crippen molar-refractivity contribution in [1.82, 2.24) is 19.9 Å². The number of benzene rings is 1. The Kier molecular flexibility index (Phi) is 4.32. The Morgan fingerprint density at radius 1 is 1.30 bits per heavy atom. The van der Waals surface area contributed by atoms with E-state index in [1.807, 2.05) is 36.1 Å². The van der Waals surface area contributed by atoms with E-state index < -0.39 is 0 Å². The van der Waals surface area contributed by atoms with Crippen LogP contribution in [0.1, 0.15) is 35.9 Å². The number of likely N-dealkylation sites (tertiary alicyclic amines) is 1. The molecule has 0 radical (unpaired) electrons. The van der Waals surface area contributed by atoms with E-state index in [0.29, 0.717) is 11.6 Å². The number of ether oxygens (including phenoxy) is 1. The van der Waals surface area contributed by atoms with Crippen molar-refractivity contribution in [3.8, 4) is 11.4 Å². The number of methoxy groups -OCH3 is 1. The van der Waals surface area contributed by atoms with E-state index >= 15 is 0 Å². The normalized spacial score (nSPS) is 18.0. The van der Waals surface area contributed by atoms with Crippen molar-refractivity contribution < 1.29 is 9.53 Å². The number of hydrogen-bond donors (Lipinski definition) is 0. The SMILES string of the molecule is COc1ccc(-n2nnc(C(=O)N3CCC[C@H](C)C3)c2C)cc1. The summed E-state index contributed by atoms with van der Waals surface area (Å²) in [4.78, 5) is 14.6. The molecule has 0 aliphatic carbocycles. The maximum atomic E-state index is 12.7. The first-order chi connectivity index (χ1) is 11.1. The molecule has 1 aromatic carbocycles. The Hall–Kier alpha value is -2.37. The van der Waals surface area contributed by atoms with Crippen LogP contribution in [0, 0.1) is 12.8 Å². The number of carbonyl (C=O) groups excluding carboxylic acids is 1. The summed E-state index contributed by atoms with van der Waals surface area (Å²) in [7, 11) is 1.63. The van der Waals surface area contributed by atoms with Gasteiger partial charge in [0.25, 0.3) is 5.91 Å². The molecule has 1 atom stereocenters. The lowest BCUT2D eigenvalue weighted by Crippen LogP contribution is -2.39. The summed E-state index contributed by atoms with van der Waals surface area (Å²) < 4.78 is 6.86. The van der Waals surface area contributed by atoms with Gasteiger partial charge in [-0.1, -0.05) is 12.1 Å². The van der Waals surface area contributed by atoms with Crippen LogP contribution in [0.5, 0.6) is 5.75 Å². The smallest absolute Gasteiger partial charge is 0.276 e. The Balaban J connectivity index is 1.84. The highest BCUT2D eigenvalue weighted by atomic mass is 16.5. The molecule has 23 heavy (non-hydrogen) atoms. The fourth-order valence-electron chi connectivity index (χ4n) is 3.02. The third-order valence-electron chi connectivity index (χ3n) is 4.36. The molecule has 2 heterocycles. The molecular formula is C17H22N4O2. The Morgan fingerprint density at radius 3 is 2.70 bits per heavy atom. The summed E-state index contributed by atoms with van der Waals surface area (Å²) in [6.45, 7) is 5.66. The molecule has 2 aromatic rings. The van der Waals surface area contributed by atoms with Crippen LogP contribution in [-0.4, -0.2) is 46.0 Å². The summed E-state index contributed by atoms with van der Waals surface area (Å²) in [6.07, 6.45) is 2.24. The van der Waals surface area contributed by atoms with Gasteiger partial charge in [0, 0.05) is 13.1 Å². The van der Waals surface area contributed by atoms with E-state index in [2.05, 4.69) is 17.2 Å². The van der Waals surface area contributed by atoms with Gasteiger partial charge in [0.05, 0.1) is 18.5 Å². The summed E-state index contributed by atoms with van der Waals surface area (Å²) >= 11 is 0. The lowest BCUT2D eigenvalue weighted by atomic mass is 10.00. The molecule has 6 nitrogen and oxygen atoms in total.